The van der Waals surface area contributed by atoms with E-state index in [0.717, 1.165) is 51.7 Å². The lowest BCUT2D eigenvalue weighted by molar-refractivity contribution is -0.120. The van der Waals surface area contributed by atoms with Crippen molar-refractivity contribution in [2.24, 2.45) is 5.92 Å². The minimum Gasteiger partial charge on any atom is -0.494 e. The number of aromatic nitrogens is 1. The van der Waals surface area contributed by atoms with Crippen molar-refractivity contribution in [3.8, 4) is 5.75 Å². The number of nitrogens with zero attached hydrogens (tertiary/aromatic N) is 2. The van der Waals surface area contributed by atoms with Gasteiger partial charge in [-0.1, -0.05) is 29.5 Å². The van der Waals surface area contributed by atoms with Gasteiger partial charge in [-0.25, -0.2) is 4.98 Å². The maximum atomic E-state index is 12.8. The van der Waals surface area contributed by atoms with Crippen molar-refractivity contribution in [3.63, 3.8) is 0 Å². The number of thiazole rings is 1. The van der Waals surface area contributed by atoms with Gasteiger partial charge in [0.25, 0.3) is 0 Å². The highest BCUT2D eigenvalue weighted by molar-refractivity contribution is 7.22. The van der Waals surface area contributed by atoms with Gasteiger partial charge in [0.1, 0.15) is 5.75 Å². The lowest BCUT2D eigenvalue weighted by Gasteiger charge is -2.31. The number of para-hydroxylation sites is 1. The van der Waals surface area contributed by atoms with Crippen LogP contribution in [0, 0.1) is 12.8 Å². The highest BCUT2D eigenvalue weighted by Crippen LogP contribution is 2.33. The number of hydrogen-bond donors (Lipinski definition) is 1. The minimum atomic E-state index is -0.0284. The molecule has 1 amide bonds. The summed E-state index contributed by atoms with van der Waals surface area (Å²) in [4.78, 5) is 19.8. The summed E-state index contributed by atoms with van der Waals surface area (Å²) in [7, 11) is 0. The fourth-order valence-corrected chi connectivity index (χ4v) is 4.63. The molecular formula is C22H25N3O2S. The molecule has 0 bridgehead atoms. The number of amides is 1. The van der Waals surface area contributed by atoms with Crippen molar-refractivity contribution in [2.75, 3.05) is 29.9 Å². The van der Waals surface area contributed by atoms with Gasteiger partial charge in [-0.2, -0.15) is 0 Å². The Morgan fingerprint density at radius 2 is 2.18 bits per heavy atom. The van der Waals surface area contributed by atoms with Crippen LogP contribution in [0.1, 0.15) is 25.3 Å². The SMILES string of the molecule is CCOc1ccc2nc(N3CCCC(C(=O)Nc4ccccc4C)C3)sc2c1. The van der Waals surface area contributed by atoms with Crippen molar-refractivity contribution < 1.29 is 9.53 Å². The summed E-state index contributed by atoms with van der Waals surface area (Å²) in [6, 6.07) is 13.9. The molecule has 0 aliphatic carbocycles. The maximum Gasteiger partial charge on any atom is 0.229 e. The van der Waals surface area contributed by atoms with Crippen molar-refractivity contribution in [1.82, 2.24) is 4.98 Å². The number of fused-ring (bicyclic) bond motifs is 1. The minimum absolute atomic E-state index is 0.0284. The molecule has 146 valence electrons. The predicted octanol–water partition coefficient (Wildman–Crippen LogP) is 4.86. The van der Waals surface area contributed by atoms with E-state index in [2.05, 4.69) is 10.2 Å². The smallest absolute Gasteiger partial charge is 0.229 e. The third-order valence-corrected chi connectivity index (χ3v) is 6.20. The number of rotatable bonds is 5. The van der Waals surface area contributed by atoms with Crippen molar-refractivity contribution in [2.45, 2.75) is 26.7 Å². The van der Waals surface area contributed by atoms with Crippen LogP contribution in [0.4, 0.5) is 10.8 Å². The lowest BCUT2D eigenvalue weighted by Crippen LogP contribution is -2.40. The Morgan fingerprint density at radius 1 is 1.32 bits per heavy atom. The number of piperidine rings is 1. The van der Waals surface area contributed by atoms with Gasteiger partial charge in [-0.15, -0.1) is 0 Å². The first-order valence-electron chi connectivity index (χ1n) is 9.79. The molecular weight excluding hydrogens is 370 g/mol. The summed E-state index contributed by atoms with van der Waals surface area (Å²) in [6.45, 7) is 6.29. The van der Waals surface area contributed by atoms with Crippen LogP contribution in [-0.2, 0) is 4.79 Å². The van der Waals surface area contributed by atoms with E-state index in [1.54, 1.807) is 11.3 Å². The van der Waals surface area contributed by atoms with Gasteiger partial charge in [0, 0.05) is 18.8 Å². The number of carbonyl (C=O) groups is 1. The van der Waals surface area contributed by atoms with Gasteiger partial charge in [0.15, 0.2) is 5.13 Å². The Kier molecular flexibility index (Phi) is 5.48. The lowest BCUT2D eigenvalue weighted by atomic mass is 9.97. The Labute approximate surface area is 169 Å². The normalized spacial score (nSPS) is 16.9. The van der Waals surface area contributed by atoms with Crippen molar-refractivity contribution >= 4 is 38.3 Å². The van der Waals surface area contributed by atoms with E-state index in [0.29, 0.717) is 13.2 Å². The van der Waals surface area contributed by atoms with Crippen LogP contribution in [0.5, 0.6) is 5.75 Å². The van der Waals surface area contributed by atoms with Crippen LogP contribution in [-0.4, -0.2) is 30.6 Å². The van der Waals surface area contributed by atoms with Crippen LogP contribution in [0.2, 0.25) is 0 Å². The summed E-state index contributed by atoms with van der Waals surface area (Å²) >= 11 is 1.67. The van der Waals surface area contributed by atoms with E-state index in [1.807, 2.05) is 56.3 Å². The Hall–Kier alpha value is -2.60. The zero-order valence-corrected chi connectivity index (χ0v) is 17.1. The van der Waals surface area contributed by atoms with Gasteiger partial charge in [0.2, 0.25) is 5.91 Å². The molecule has 5 nitrogen and oxygen atoms in total. The molecule has 0 radical (unpaired) electrons. The molecule has 1 aliphatic heterocycles. The highest BCUT2D eigenvalue weighted by Gasteiger charge is 2.27. The van der Waals surface area contributed by atoms with Crippen LogP contribution in [0.15, 0.2) is 42.5 Å². The van der Waals surface area contributed by atoms with Crippen LogP contribution >= 0.6 is 11.3 Å². The van der Waals surface area contributed by atoms with Crippen LogP contribution in [0.3, 0.4) is 0 Å². The summed E-state index contributed by atoms with van der Waals surface area (Å²) in [5.41, 5.74) is 2.96. The van der Waals surface area contributed by atoms with E-state index in [4.69, 9.17) is 9.72 Å². The number of aryl methyl sites for hydroxylation is 1. The third-order valence-electron chi connectivity index (χ3n) is 5.13. The number of ether oxygens (including phenoxy) is 1. The molecule has 1 atom stereocenters. The van der Waals surface area contributed by atoms with Crippen LogP contribution in [0.25, 0.3) is 10.2 Å². The van der Waals surface area contributed by atoms with Gasteiger partial charge in [0.05, 0.1) is 22.7 Å². The molecule has 0 spiro atoms. The summed E-state index contributed by atoms with van der Waals surface area (Å²) in [6.07, 6.45) is 1.90. The van der Waals surface area contributed by atoms with E-state index in [1.165, 1.54) is 0 Å². The molecule has 1 aliphatic rings. The Morgan fingerprint density at radius 3 is 3.00 bits per heavy atom. The molecule has 0 saturated carbocycles. The summed E-state index contributed by atoms with van der Waals surface area (Å²) in [5, 5.41) is 4.08. The van der Waals surface area contributed by atoms with Gasteiger partial charge in [-0.3, -0.25) is 4.79 Å². The molecule has 2 aromatic carbocycles. The standard InChI is InChI=1S/C22H25N3O2S/c1-3-27-17-10-11-19-20(13-17)28-22(24-19)25-12-6-8-16(14-25)21(26)23-18-9-5-4-7-15(18)2/h4-5,7,9-11,13,16H,3,6,8,12,14H2,1-2H3,(H,23,26). The maximum absolute atomic E-state index is 12.8. The van der Waals surface area contributed by atoms with E-state index >= 15 is 0 Å². The quantitative estimate of drug-likeness (QED) is 0.670. The molecule has 6 heteroatoms. The predicted molar refractivity (Wildman–Crippen MR) is 116 cm³/mol. The first-order chi connectivity index (χ1) is 13.6. The fraction of sp³-hybridized carbons (Fsp3) is 0.364. The molecule has 1 fully saturated rings. The average molecular weight is 396 g/mol. The molecule has 28 heavy (non-hydrogen) atoms. The Balaban J connectivity index is 1.48. The molecule has 1 N–H and O–H groups in total. The topological polar surface area (TPSA) is 54.5 Å². The number of anilines is 2. The fourth-order valence-electron chi connectivity index (χ4n) is 3.60. The third kappa shape index (κ3) is 3.97. The highest BCUT2D eigenvalue weighted by atomic mass is 32.1. The summed E-state index contributed by atoms with van der Waals surface area (Å²) < 4.78 is 6.71. The molecule has 1 saturated heterocycles. The monoisotopic (exact) mass is 395 g/mol. The van der Waals surface area contributed by atoms with E-state index in [9.17, 15) is 4.79 Å². The second-order valence-corrected chi connectivity index (χ2v) is 8.16. The second-order valence-electron chi connectivity index (χ2n) is 7.15. The molecule has 3 aromatic rings. The van der Waals surface area contributed by atoms with Gasteiger partial charge >= 0.3 is 0 Å². The van der Waals surface area contributed by atoms with E-state index < -0.39 is 0 Å². The van der Waals surface area contributed by atoms with Crippen molar-refractivity contribution in [1.29, 1.82) is 0 Å². The largest absolute Gasteiger partial charge is 0.494 e. The number of carbonyl (C=O) groups excluding carboxylic acids is 1. The Bertz CT molecular complexity index is 985. The van der Waals surface area contributed by atoms with Crippen molar-refractivity contribution in [3.05, 3.63) is 48.0 Å². The number of benzene rings is 2. The molecule has 4 rings (SSSR count). The van der Waals surface area contributed by atoms with Gasteiger partial charge in [-0.05, 0) is 56.5 Å². The van der Waals surface area contributed by atoms with Gasteiger partial charge < -0.3 is 15.0 Å². The summed E-state index contributed by atoms with van der Waals surface area (Å²) in [5.74, 6) is 0.942. The first-order valence-corrected chi connectivity index (χ1v) is 10.6. The molecule has 2 heterocycles. The first kappa shape index (κ1) is 18.7. The second kappa shape index (κ2) is 8.19. The zero-order chi connectivity index (χ0) is 19.5. The zero-order valence-electron chi connectivity index (χ0n) is 16.3. The molecule has 1 unspecified atom stereocenters. The van der Waals surface area contributed by atoms with E-state index in [-0.39, 0.29) is 11.8 Å². The number of nitrogens with one attached hydrogen (secondary N) is 1. The molecule has 1 aromatic heterocycles. The average Bonchev–Trinajstić information content (AvgIpc) is 3.13. The number of hydrogen-bond acceptors (Lipinski definition) is 5. The van der Waals surface area contributed by atoms with Crippen LogP contribution < -0.4 is 15.0 Å².